The Kier molecular flexibility index (Phi) is 11.2. The van der Waals surface area contributed by atoms with Crippen LogP contribution in [0.25, 0.3) is 5.76 Å². The van der Waals surface area contributed by atoms with Crippen LogP contribution >= 0.6 is 0 Å². The Morgan fingerprint density at radius 1 is 0.949 bits per heavy atom. The Hall–Kier alpha value is -3.52. The number of carbonyl (C=O) groups excluding carboxylic acids is 2. The fourth-order valence-electron chi connectivity index (χ4n) is 4.79. The second-order valence-corrected chi connectivity index (χ2v) is 9.44. The fourth-order valence-corrected chi connectivity index (χ4v) is 4.79. The molecule has 1 aliphatic rings. The van der Waals surface area contributed by atoms with Gasteiger partial charge in [-0.05, 0) is 81.4 Å². The second kappa shape index (κ2) is 14.6. The van der Waals surface area contributed by atoms with Crippen LogP contribution in [0.15, 0.2) is 48.0 Å². The minimum atomic E-state index is -0.758. The molecule has 8 heteroatoms. The van der Waals surface area contributed by atoms with Gasteiger partial charge in [-0.25, -0.2) is 0 Å². The first kappa shape index (κ1) is 30.0. The number of hydrogen-bond donors (Lipinski definition) is 1. The highest BCUT2D eigenvalue weighted by Gasteiger charge is 2.46. The number of nitrogens with zero attached hydrogens (tertiary/aromatic N) is 2. The zero-order valence-electron chi connectivity index (χ0n) is 23.9. The Morgan fingerprint density at radius 3 is 2.28 bits per heavy atom. The van der Waals surface area contributed by atoms with Crippen molar-refractivity contribution in [3.8, 4) is 17.2 Å². The molecule has 1 heterocycles. The maximum atomic E-state index is 13.4. The van der Waals surface area contributed by atoms with Crippen molar-refractivity contribution in [1.29, 1.82) is 0 Å². The van der Waals surface area contributed by atoms with Crippen LogP contribution in [0.4, 0.5) is 0 Å². The molecule has 1 amide bonds. The number of carbonyl (C=O) groups is 2. The molecule has 2 aromatic carbocycles. The highest BCUT2D eigenvalue weighted by atomic mass is 16.5. The van der Waals surface area contributed by atoms with Crippen molar-refractivity contribution in [3.05, 3.63) is 59.2 Å². The minimum Gasteiger partial charge on any atom is -0.507 e. The van der Waals surface area contributed by atoms with E-state index in [1.54, 1.807) is 48.4 Å². The third-order valence-corrected chi connectivity index (χ3v) is 7.01. The lowest BCUT2D eigenvalue weighted by molar-refractivity contribution is -0.140. The molecule has 0 saturated carbocycles. The predicted octanol–water partition coefficient (Wildman–Crippen LogP) is 5.43. The van der Waals surface area contributed by atoms with Gasteiger partial charge in [-0.1, -0.05) is 33.3 Å². The van der Waals surface area contributed by atoms with Gasteiger partial charge in [0.05, 0.1) is 31.9 Å². The van der Waals surface area contributed by atoms with Crippen molar-refractivity contribution >= 4 is 17.4 Å². The van der Waals surface area contributed by atoms with Gasteiger partial charge in [-0.15, -0.1) is 0 Å². The average Bonchev–Trinajstić information content (AvgIpc) is 3.21. The third kappa shape index (κ3) is 7.12. The van der Waals surface area contributed by atoms with E-state index >= 15 is 0 Å². The zero-order chi connectivity index (χ0) is 28.4. The van der Waals surface area contributed by atoms with Gasteiger partial charge in [-0.2, -0.15) is 0 Å². The van der Waals surface area contributed by atoms with Gasteiger partial charge in [-0.3, -0.25) is 9.59 Å². The molecule has 212 valence electrons. The number of hydrogen-bond acceptors (Lipinski definition) is 7. The van der Waals surface area contributed by atoms with E-state index in [0.29, 0.717) is 54.6 Å². The van der Waals surface area contributed by atoms with Crippen LogP contribution in [0.5, 0.6) is 17.2 Å². The van der Waals surface area contributed by atoms with Crippen molar-refractivity contribution in [2.45, 2.75) is 53.0 Å². The number of methoxy groups -OCH3 is 1. The minimum absolute atomic E-state index is 0.0636. The molecule has 0 radical (unpaired) electrons. The summed E-state index contributed by atoms with van der Waals surface area (Å²) in [7, 11) is 1.55. The number of aliphatic hydroxyl groups is 1. The van der Waals surface area contributed by atoms with E-state index < -0.39 is 17.7 Å². The number of unbranched alkanes of at least 4 members (excludes halogenated alkanes) is 1. The molecule has 1 aliphatic heterocycles. The molecule has 0 unspecified atom stereocenters. The molecule has 0 spiro atoms. The maximum absolute atomic E-state index is 13.4. The van der Waals surface area contributed by atoms with E-state index in [1.165, 1.54) is 0 Å². The summed E-state index contributed by atoms with van der Waals surface area (Å²) in [5, 5.41) is 11.4. The summed E-state index contributed by atoms with van der Waals surface area (Å²) in [6.07, 6.45) is 2.68. The van der Waals surface area contributed by atoms with Gasteiger partial charge < -0.3 is 29.1 Å². The topological polar surface area (TPSA) is 88.5 Å². The van der Waals surface area contributed by atoms with E-state index in [-0.39, 0.29) is 11.3 Å². The first-order valence-corrected chi connectivity index (χ1v) is 13.9. The van der Waals surface area contributed by atoms with E-state index in [0.717, 1.165) is 32.5 Å². The molecule has 1 saturated heterocycles. The molecule has 3 rings (SSSR count). The summed E-state index contributed by atoms with van der Waals surface area (Å²) < 4.78 is 17.0. The molecular weight excluding hydrogens is 496 g/mol. The number of aliphatic hydroxyl groups excluding tert-OH is 1. The van der Waals surface area contributed by atoms with Crippen molar-refractivity contribution in [2.24, 2.45) is 0 Å². The number of ether oxygens (including phenoxy) is 3. The smallest absolute Gasteiger partial charge is 0.295 e. The first-order chi connectivity index (χ1) is 18.9. The number of ketones is 1. The molecule has 1 N–H and O–H groups in total. The summed E-state index contributed by atoms with van der Waals surface area (Å²) in [4.78, 5) is 30.5. The van der Waals surface area contributed by atoms with Crippen LogP contribution < -0.4 is 14.2 Å². The van der Waals surface area contributed by atoms with Gasteiger partial charge in [0.1, 0.15) is 11.5 Å². The summed E-state index contributed by atoms with van der Waals surface area (Å²) in [5.41, 5.74) is 1.17. The van der Waals surface area contributed by atoms with Gasteiger partial charge in [0.25, 0.3) is 11.7 Å². The summed E-state index contributed by atoms with van der Waals surface area (Å²) >= 11 is 0. The highest BCUT2D eigenvalue weighted by Crippen LogP contribution is 2.42. The summed E-state index contributed by atoms with van der Waals surface area (Å²) in [6.45, 7) is 12.3. The lowest BCUT2D eigenvalue weighted by Gasteiger charge is -2.27. The Bertz CT molecular complexity index is 1140. The van der Waals surface area contributed by atoms with Crippen LogP contribution in [0.2, 0.25) is 0 Å². The Labute approximate surface area is 232 Å². The van der Waals surface area contributed by atoms with E-state index in [2.05, 4.69) is 25.7 Å². The van der Waals surface area contributed by atoms with Crippen LogP contribution in [0, 0.1) is 0 Å². The predicted molar refractivity (Wildman–Crippen MR) is 152 cm³/mol. The maximum Gasteiger partial charge on any atom is 0.295 e. The number of rotatable bonds is 15. The standard InChI is InChI=1S/C31H42N2O6/c1-6-10-20-39-24-15-12-22(13-16-24)29(34)27-28(23-14-17-25(38-9-4)26(21-23)37-5)33(31(36)30(27)35)19-11-18-32(7-2)8-3/h12-17,21,28,34H,6-11,18-20H2,1-5H3/t28-/m0/s1. The molecular formula is C31H42N2O6. The quantitative estimate of drug-likeness (QED) is 0.140. The van der Waals surface area contributed by atoms with Gasteiger partial charge in [0.2, 0.25) is 0 Å². The number of amides is 1. The van der Waals surface area contributed by atoms with Crippen molar-refractivity contribution in [1.82, 2.24) is 9.80 Å². The number of benzene rings is 2. The largest absolute Gasteiger partial charge is 0.507 e. The van der Waals surface area contributed by atoms with Crippen LogP contribution in [-0.2, 0) is 9.59 Å². The Morgan fingerprint density at radius 2 is 1.67 bits per heavy atom. The van der Waals surface area contributed by atoms with Crippen LogP contribution in [-0.4, -0.2) is 73.1 Å². The van der Waals surface area contributed by atoms with E-state index in [4.69, 9.17) is 14.2 Å². The fraction of sp³-hybridized carbons (Fsp3) is 0.484. The van der Waals surface area contributed by atoms with Crippen molar-refractivity contribution in [3.63, 3.8) is 0 Å². The molecule has 0 bridgehead atoms. The molecule has 1 atom stereocenters. The Balaban J connectivity index is 2.02. The number of likely N-dealkylation sites (tertiary alicyclic amines) is 1. The first-order valence-electron chi connectivity index (χ1n) is 13.9. The second-order valence-electron chi connectivity index (χ2n) is 9.44. The lowest BCUT2D eigenvalue weighted by Crippen LogP contribution is -2.33. The molecule has 1 fully saturated rings. The molecule has 2 aromatic rings. The molecule has 0 aliphatic carbocycles. The molecule has 8 nitrogen and oxygen atoms in total. The van der Waals surface area contributed by atoms with Crippen LogP contribution in [0.3, 0.4) is 0 Å². The monoisotopic (exact) mass is 538 g/mol. The lowest BCUT2D eigenvalue weighted by atomic mass is 9.95. The SMILES string of the molecule is CCCCOc1ccc(C(O)=C2C(=O)C(=O)N(CCCN(CC)CC)[C@H]2c2ccc(OCC)c(OC)c2)cc1. The summed E-state index contributed by atoms with van der Waals surface area (Å²) in [5.74, 6) is 0.227. The number of Topliss-reactive ketones (excluding diaryl/α,β-unsaturated/α-hetero) is 1. The van der Waals surface area contributed by atoms with Gasteiger partial charge in [0.15, 0.2) is 11.5 Å². The van der Waals surface area contributed by atoms with Crippen molar-refractivity contribution in [2.75, 3.05) is 46.5 Å². The highest BCUT2D eigenvalue weighted by molar-refractivity contribution is 6.46. The molecule has 39 heavy (non-hydrogen) atoms. The molecule has 0 aromatic heterocycles. The van der Waals surface area contributed by atoms with Gasteiger partial charge in [0, 0.05) is 12.1 Å². The van der Waals surface area contributed by atoms with E-state index in [1.807, 2.05) is 13.0 Å². The zero-order valence-corrected chi connectivity index (χ0v) is 23.9. The third-order valence-electron chi connectivity index (χ3n) is 7.01. The van der Waals surface area contributed by atoms with E-state index in [9.17, 15) is 14.7 Å². The van der Waals surface area contributed by atoms with Crippen LogP contribution in [0.1, 0.15) is 64.1 Å². The normalized spacial score (nSPS) is 16.7. The van der Waals surface area contributed by atoms with Gasteiger partial charge >= 0.3 is 0 Å². The van der Waals surface area contributed by atoms with Crippen molar-refractivity contribution < 1.29 is 28.9 Å². The average molecular weight is 539 g/mol. The summed E-state index contributed by atoms with van der Waals surface area (Å²) in [6, 6.07) is 11.6.